The summed E-state index contributed by atoms with van der Waals surface area (Å²) in [5, 5.41) is 30.2. The average Bonchev–Trinajstić information content (AvgIpc) is 2.71. The summed E-state index contributed by atoms with van der Waals surface area (Å²) in [5.41, 5.74) is 13.3. The van der Waals surface area contributed by atoms with Crippen LogP contribution < -0.4 is 9.47 Å². The van der Waals surface area contributed by atoms with Crippen molar-refractivity contribution in [1.82, 2.24) is 9.13 Å². The number of phenolic OH excluding ortho intramolecular Hbond substituents is 2. The van der Waals surface area contributed by atoms with Gasteiger partial charge in [-0.25, -0.2) is 8.78 Å². The molecular weight excluding hydrogens is 1050 g/mol. The van der Waals surface area contributed by atoms with Gasteiger partial charge in [0.1, 0.15) is 34.6 Å². The summed E-state index contributed by atoms with van der Waals surface area (Å²) in [7, 11) is 0. The quantitative estimate of drug-likeness (QED) is 0.134. The van der Waals surface area contributed by atoms with E-state index in [4.69, 9.17) is 9.47 Å². The van der Waals surface area contributed by atoms with Gasteiger partial charge in [0.2, 0.25) is 0 Å². The van der Waals surface area contributed by atoms with Crippen LogP contribution in [-0.4, -0.2) is 32.6 Å². The first-order chi connectivity index (χ1) is 39.4. The van der Waals surface area contributed by atoms with E-state index in [1.807, 2.05) is 26.0 Å². The van der Waals surface area contributed by atoms with Gasteiger partial charge in [0.15, 0.2) is 0 Å². The van der Waals surface area contributed by atoms with Crippen LogP contribution in [-0.2, 0) is 32.5 Å². The first-order valence-corrected chi connectivity index (χ1v) is 30.2. The molecule has 2 heterocycles. The second-order valence-corrected chi connectivity index (χ2v) is 30.1. The summed E-state index contributed by atoms with van der Waals surface area (Å²) in [6.45, 7) is 43.4. The largest absolute Gasteiger partial charge is 0.505 e. The van der Waals surface area contributed by atoms with Crippen molar-refractivity contribution in [2.75, 3.05) is 13.2 Å². The molecule has 2 aromatic heterocycles. The minimum atomic E-state index is -0.449. The third-order valence-corrected chi connectivity index (χ3v) is 17.2. The zero-order chi connectivity index (χ0) is 62.0. The van der Waals surface area contributed by atoms with Gasteiger partial charge in [-0.2, -0.15) is 0 Å². The van der Waals surface area contributed by atoms with Gasteiger partial charge in [-0.15, -0.1) is 0 Å². The number of hydrogen-bond acceptors (Lipinski definition) is 4. The topological polar surface area (TPSA) is 68.8 Å². The van der Waals surface area contributed by atoms with E-state index in [9.17, 15) is 10.2 Å². The van der Waals surface area contributed by atoms with Crippen molar-refractivity contribution in [3.8, 4) is 56.6 Å². The number of phenols is 2. The van der Waals surface area contributed by atoms with Crippen molar-refractivity contribution in [3.05, 3.63) is 177 Å². The number of fused-ring (bicyclic) bond motifs is 6. The number of aromatic nitrogens is 2. The summed E-state index contributed by atoms with van der Waals surface area (Å²) >= 11 is 0. The fraction of sp³-hybridized carbons (Fsp3) is 0.377. The predicted octanol–water partition coefficient (Wildman–Crippen LogP) is 21.2. The minimum Gasteiger partial charge on any atom is -0.505 e. The Kier molecular flexibility index (Phi) is 15.1. The monoisotopic (exact) mass is 1140 g/mol. The molecule has 0 spiro atoms. The number of benzene rings is 8. The van der Waals surface area contributed by atoms with E-state index in [1.165, 1.54) is 46.5 Å². The van der Waals surface area contributed by atoms with Gasteiger partial charge in [0.05, 0.1) is 46.7 Å². The maximum atomic E-state index is 16.0. The maximum absolute atomic E-state index is 16.0. The number of nitrogens with zero attached hydrogens (tertiary/aromatic N) is 2. The highest BCUT2D eigenvalue weighted by atomic mass is 19.1. The molecule has 0 saturated carbocycles. The molecule has 444 valence electrons. The zero-order valence-corrected chi connectivity index (χ0v) is 54.0. The van der Waals surface area contributed by atoms with Crippen LogP contribution in [0.5, 0.6) is 23.0 Å². The highest BCUT2D eigenvalue weighted by Gasteiger charge is 2.30. The van der Waals surface area contributed by atoms with Crippen molar-refractivity contribution < 1.29 is 28.5 Å². The molecule has 10 rings (SSSR count). The normalized spacial score (nSPS) is 13.1. The predicted molar refractivity (Wildman–Crippen MR) is 353 cm³/mol. The molecule has 0 aliphatic rings. The maximum Gasteiger partial charge on any atom is 0.147 e. The third-order valence-electron chi connectivity index (χ3n) is 17.2. The molecule has 2 N–H and O–H groups in total. The highest BCUT2D eigenvalue weighted by Crippen LogP contribution is 2.50. The number of aryl methyl sites for hydroxylation is 2. The van der Waals surface area contributed by atoms with E-state index < -0.39 is 11.6 Å². The van der Waals surface area contributed by atoms with E-state index in [2.05, 4.69) is 219 Å². The van der Waals surface area contributed by atoms with Gasteiger partial charge in [-0.3, -0.25) is 0 Å². The summed E-state index contributed by atoms with van der Waals surface area (Å²) < 4.78 is 49.8. The van der Waals surface area contributed by atoms with E-state index in [-0.39, 0.29) is 57.2 Å². The van der Waals surface area contributed by atoms with Gasteiger partial charge >= 0.3 is 0 Å². The minimum absolute atomic E-state index is 0.0102. The van der Waals surface area contributed by atoms with Crippen molar-refractivity contribution in [2.45, 2.75) is 177 Å². The van der Waals surface area contributed by atoms with Crippen LogP contribution in [0.1, 0.15) is 176 Å². The molecular formula is C77H88F2N2O4. The first kappa shape index (κ1) is 60.5. The molecule has 8 aromatic carbocycles. The Morgan fingerprint density at radius 1 is 0.341 bits per heavy atom. The van der Waals surface area contributed by atoms with Crippen molar-refractivity contribution in [2.24, 2.45) is 0 Å². The zero-order valence-electron chi connectivity index (χ0n) is 54.0. The Balaban J connectivity index is 1.04. The molecule has 0 bridgehead atoms. The molecule has 0 radical (unpaired) electrons. The Morgan fingerprint density at radius 2 is 0.612 bits per heavy atom. The number of hydrogen-bond donors (Lipinski definition) is 2. The SMILES string of the molecule is Cc1cc(F)cc(-c2cc(C(C)(C)C)cc(-n3c4cc(C(C)(C)C)ccc4c4ccc(C(C)(C)C)cc43)c2O)c1OCCCOc1c(C)cc(F)cc1-c1cc(C(C)(C)C)cc(-n2c3cc(C(C)(C)C)ccc3c3ccc(C(C)(C)C)cc32)c1O. The summed E-state index contributed by atoms with van der Waals surface area (Å²) in [6.07, 6.45) is 0.395. The summed E-state index contributed by atoms with van der Waals surface area (Å²) in [5.74, 6) is 0.0221. The van der Waals surface area contributed by atoms with Gasteiger partial charge in [-0.1, -0.05) is 173 Å². The fourth-order valence-electron chi connectivity index (χ4n) is 11.9. The Bertz CT molecular complexity index is 3860. The first-order valence-electron chi connectivity index (χ1n) is 30.2. The highest BCUT2D eigenvalue weighted by molar-refractivity contribution is 6.11. The number of ether oxygens (including phenoxy) is 2. The van der Waals surface area contributed by atoms with Gasteiger partial charge < -0.3 is 28.8 Å². The van der Waals surface area contributed by atoms with Gasteiger partial charge in [-0.05, 0) is 164 Å². The molecule has 0 unspecified atom stereocenters. The van der Waals surface area contributed by atoms with Crippen LogP contribution in [0.15, 0.2) is 121 Å². The van der Waals surface area contributed by atoms with E-state index >= 15 is 8.78 Å². The number of rotatable bonds is 10. The number of halogens is 2. The molecule has 8 heteroatoms. The lowest BCUT2D eigenvalue weighted by atomic mass is 9.84. The smallest absolute Gasteiger partial charge is 0.147 e. The van der Waals surface area contributed by atoms with Crippen molar-refractivity contribution >= 4 is 43.6 Å². The Labute approximate surface area is 503 Å². The van der Waals surface area contributed by atoms with E-state index in [1.54, 1.807) is 0 Å². The Hall–Kier alpha value is -7.58. The van der Waals surface area contributed by atoms with Crippen LogP contribution in [0, 0.1) is 25.5 Å². The van der Waals surface area contributed by atoms with Crippen LogP contribution in [0.4, 0.5) is 8.78 Å². The average molecular weight is 1140 g/mol. The second-order valence-electron chi connectivity index (χ2n) is 30.1. The lowest BCUT2D eigenvalue weighted by Crippen LogP contribution is -2.13. The molecule has 10 aromatic rings. The van der Waals surface area contributed by atoms with E-state index in [0.29, 0.717) is 62.7 Å². The van der Waals surface area contributed by atoms with Gasteiger partial charge in [0.25, 0.3) is 0 Å². The van der Waals surface area contributed by atoms with E-state index in [0.717, 1.165) is 54.7 Å². The molecule has 0 aliphatic heterocycles. The molecule has 85 heavy (non-hydrogen) atoms. The molecule has 0 amide bonds. The van der Waals surface area contributed by atoms with Crippen molar-refractivity contribution in [3.63, 3.8) is 0 Å². The molecule has 0 fully saturated rings. The summed E-state index contributed by atoms with van der Waals surface area (Å²) in [4.78, 5) is 0. The van der Waals surface area contributed by atoms with Crippen molar-refractivity contribution in [1.29, 1.82) is 0 Å². The van der Waals surface area contributed by atoms with Crippen LogP contribution in [0.25, 0.3) is 77.2 Å². The molecule has 0 atom stereocenters. The standard InChI is InChI=1S/C77H88F2N2O4/c1-44-32-52(78)42-60(58-34-50(76(15,16)17)40-66(68(58)82)80-62-36-46(72(3,4)5)22-26-54(62)55-27-23-47(37-63(55)80)73(6,7)8)70(44)84-30-21-31-85-71-45(2)33-53(79)43-61(71)59-35-51(77(18,19)20)41-67(69(59)83)81-64-38-48(74(9,10)11)24-28-56(64)57-29-25-49(39-65(57)81)75(12,13)14/h22-29,32-43,82-83H,21,30-31H2,1-20H3. The fourth-order valence-corrected chi connectivity index (χ4v) is 11.9. The third kappa shape index (κ3) is 11.4. The van der Waals surface area contributed by atoms with Gasteiger partial charge in [0, 0.05) is 50.2 Å². The number of aromatic hydroxyl groups is 2. The molecule has 6 nitrogen and oxygen atoms in total. The molecule has 0 saturated heterocycles. The van der Waals surface area contributed by atoms with Crippen LogP contribution in [0.2, 0.25) is 0 Å². The van der Waals surface area contributed by atoms with Crippen LogP contribution in [0.3, 0.4) is 0 Å². The molecule has 0 aliphatic carbocycles. The Morgan fingerprint density at radius 3 is 0.871 bits per heavy atom. The summed E-state index contributed by atoms with van der Waals surface area (Å²) in [6, 6.07) is 40.5. The lowest BCUT2D eigenvalue weighted by molar-refractivity contribution is 0.246. The second kappa shape index (κ2) is 21.1. The van der Waals surface area contributed by atoms with Crippen LogP contribution >= 0.6 is 0 Å². The lowest BCUT2D eigenvalue weighted by Gasteiger charge is -2.25.